The summed E-state index contributed by atoms with van der Waals surface area (Å²) in [6.45, 7) is 1.21. The van der Waals surface area contributed by atoms with E-state index in [1.165, 1.54) is 19.6 Å². The van der Waals surface area contributed by atoms with Gasteiger partial charge >= 0.3 is 12.1 Å². The molecule has 0 bridgehead atoms. The predicted octanol–water partition coefficient (Wildman–Crippen LogP) is -2.12. The van der Waals surface area contributed by atoms with E-state index in [-0.39, 0.29) is 26.9 Å². The van der Waals surface area contributed by atoms with E-state index in [2.05, 4.69) is 10.6 Å². The molecule has 0 aromatic heterocycles. The number of rotatable bonds is 10. The van der Waals surface area contributed by atoms with Gasteiger partial charge in [0.1, 0.15) is 26.9 Å². The van der Waals surface area contributed by atoms with Gasteiger partial charge in [0, 0.05) is 13.1 Å². The van der Waals surface area contributed by atoms with Crippen molar-refractivity contribution in [2.24, 2.45) is 0 Å². The van der Waals surface area contributed by atoms with Gasteiger partial charge in [-0.1, -0.05) is 0 Å². The van der Waals surface area contributed by atoms with Crippen LogP contribution in [0.5, 0.6) is 0 Å². The van der Waals surface area contributed by atoms with Crippen LogP contribution in [0.1, 0.15) is 12.8 Å². The zero-order valence-electron chi connectivity index (χ0n) is 20.2. The molecule has 34 heavy (non-hydrogen) atoms. The normalized spacial score (nSPS) is 27.7. The number of nitrogens with zero attached hydrogens (tertiary/aromatic N) is 6. The van der Waals surface area contributed by atoms with Gasteiger partial charge in [0.2, 0.25) is 0 Å². The summed E-state index contributed by atoms with van der Waals surface area (Å²) in [5, 5.41) is 5.75. The molecule has 4 fully saturated rings. The third-order valence-electron chi connectivity index (χ3n) is 6.62. The number of amides is 6. The molecule has 0 saturated carbocycles. The number of hydrogen-bond acceptors (Lipinski definition) is 8. The van der Waals surface area contributed by atoms with Crippen molar-refractivity contribution in [3.63, 3.8) is 0 Å². The van der Waals surface area contributed by atoms with Gasteiger partial charge in [-0.25, -0.2) is 9.59 Å². The van der Waals surface area contributed by atoms with Crippen molar-refractivity contribution >= 4 is 23.9 Å². The topological polar surface area (TPSA) is 130 Å². The molecule has 0 aromatic rings. The van der Waals surface area contributed by atoms with Crippen LogP contribution in [0.25, 0.3) is 0 Å². The highest BCUT2D eigenvalue weighted by Gasteiger charge is 2.87. The summed E-state index contributed by atoms with van der Waals surface area (Å²) in [5.41, 5.74) is -3.82. The maximum Gasteiger partial charge on any atom is 0.328 e. The Morgan fingerprint density at radius 3 is 1.35 bits per heavy atom. The van der Waals surface area contributed by atoms with Crippen LogP contribution in [0.4, 0.5) is 9.59 Å². The van der Waals surface area contributed by atoms with Crippen molar-refractivity contribution in [2.75, 3.05) is 81.3 Å². The summed E-state index contributed by atoms with van der Waals surface area (Å²) in [4.78, 5) is 63.4. The van der Waals surface area contributed by atoms with Crippen molar-refractivity contribution in [1.29, 1.82) is 0 Å². The molecule has 4 aliphatic rings. The second-order valence-electron chi connectivity index (χ2n) is 9.37. The van der Waals surface area contributed by atoms with Crippen molar-refractivity contribution in [3.05, 3.63) is 0 Å². The average molecular weight is 483 g/mol. The first kappa shape index (κ1) is 24.4. The largest absolute Gasteiger partial charge is 0.352 e. The van der Waals surface area contributed by atoms with Crippen LogP contribution in [0, 0.1) is 0 Å². The minimum absolute atomic E-state index is 0.228. The fourth-order valence-corrected chi connectivity index (χ4v) is 5.18. The van der Waals surface area contributed by atoms with E-state index in [4.69, 9.17) is 9.47 Å². The van der Waals surface area contributed by atoms with Crippen LogP contribution in [0.15, 0.2) is 0 Å². The lowest BCUT2D eigenvalue weighted by Gasteiger charge is -2.49. The molecule has 6 amide bonds. The van der Waals surface area contributed by atoms with Gasteiger partial charge in [-0.05, 0) is 54.1 Å². The van der Waals surface area contributed by atoms with Crippen LogP contribution in [-0.2, 0) is 19.1 Å². The third kappa shape index (κ3) is 3.31. The van der Waals surface area contributed by atoms with Gasteiger partial charge in [0.05, 0.1) is 0 Å². The van der Waals surface area contributed by atoms with Crippen LogP contribution in [0.3, 0.4) is 0 Å². The lowest BCUT2D eigenvalue weighted by Crippen LogP contribution is -2.80. The number of carbonyl (C=O) groups is 4. The summed E-state index contributed by atoms with van der Waals surface area (Å²) in [5.74, 6) is -1.18. The molecule has 0 unspecified atom stereocenters. The smallest absolute Gasteiger partial charge is 0.328 e. The first-order valence-corrected chi connectivity index (χ1v) is 11.4. The molecule has 0 aromatic carbocycles. The number of nitrogens with one attached hydrogen (secondary N) is 2. The van der Waals surface area contributed by atoms with Crippen molar-refractivity contribution < 1.29 is 28.7 Å². The summed E-state index contributed by atoms with van der Waals surface area (Å²) >= 11 is 0. The zero-order valence-corrected chi connectivity index (χ0v) is 20.2. The average Bonchev–Trinajstić information content (AvgIpc) is 3.19. The maximum absolute atomic E-state index is 13.9. The Hall–Kier alpha value is -2.68. The van der Waals surface area contributed by atoms with E-state index in [1.807, 2.05) is 38.0 Å². The summed E-state index contributed by atoms with van der Waals surface area (Å²) in [6, 6.07) is -1.21. The molecule has 2 N–H and O–H groups in total. The Kier molecular flexibility index (Phi) is 6.59. The Balaban J connectivity index is 1.72. The fourth-order valence-electron chi connectivity index (χ4n) is 5.18. The molecular formula is C20H34N8O6. The van der Waals surface area contributed by atoms with Gasteiger partial charge in [-0.15, -0.1) is 0 Å². The second kappa shape index (κ2) is 9.17. The molecule has 190 valence electrons. The summed E-state index contributed by atoms with van der Waals surface area (Å²) in [7, 11) is 7.72. The number of urea groups is 2. The highest BCUT2D eigenvalue weighted by molar-refractivity contribution is 6.12. The molecule has 4 heterocycles. The van der Waals surface area contributed by atoms with Gasteiger partial charge in [-0.3, -0.25) is 29.2 Å². The molecule has 0 aliphatic carbocycles. The first-order valence-electron chi connectivity index (χ1n) is 11.4. The minimum atomic E-state index is -1.91. The van der Waals surface area contributed by atoms with E-state index >= 15 is 0 Å². The van der Waals surface area contributed by atoms with Gasteiger partial charge < -0.3 is 29.9 Å². The molecule has 14 nitrogen and oxygen atoms in total. The maximum atomic E-state index is 13.9. The van der Waals surface area contributed by atoms with Crippen LogP contribution in [-0.4, -0.2) is 146 Å². The van der Waals surface area contributed by atoms with E-state index in [0.29, 0.717) is 25.9 Å². The van der Waals surface area contributed by atoms with Crippen LogP contribution < -0.4 is 10.6 Å². The molecule has 14 heteroatoms. The van der Waals surface area contributed by atoms with Gasteiger partial charge in [-0.2, -0.15) is 0 Å². The first-order chi connectivity index (χ1) is 16.2. The number of ether oxygens (including phenoxy) is 2. The minimum Gasteiger partial charge on any atom is -0.352 e. The molecule has 4 saturated heterocycles. The Morgan fingerprint density at radius 2 is 1.06 bits per heavy atom. The predicted molar refractivity (Wildman–Crippen MR) is 118 cm³/mol. The SMILES string of the molecule is CN(C)CCCNC(=O)C12N3COCN1C(=O)N1COCN(C3=O)C12C(=O)NCCCN(C)C. The molecular weight excluding hydrogens is 448 g/mol. The highest BCUT2D eigenvalue weighted by Crippen LogP contribution is 2.54. The zero-order chi connectivity index (χ0) is 24.7. The Bertz CT molecular complexity index is 755. The molecule has 4 aliphatic heterocycles. The monoisotopic (exact) mass is 482 g/mol. The second-order valence-corrected chi connectivity index (χ2v) is 9.37. The van der Waals surface area contributed by atoms with Gasteiger partial charge in [0.15, 0.2) is 0 Å². The van der Waals surface area contributed by atoms with Crippen molar-refractivity contribution in [2.45, 2.75) is 24.2 Å². The molecule has 0 spiro atoms. The van der Waals surface area contributed by atoms with Crippen molar-refractivity contribution in [1.82, 2.24) is 40.0 Å². The lowest BCUT2D eigenvalue weighted by atomic mass is 9.88. The standard InChI is InChI=1S/C20H34N8O6/c1-23(2)9-5-7-21-15(29)19-20(16(30)22-8-6-10-24(3)4)27-13-34-14-28(20)18(32)26(19)12-33-11-25(19)17(27)31/h5-14H2,1-4H3,(H,21,29)(H,22,30). The van der Waals surface area contributed by atoms with E-state index in [1.54, 1.807) is 0 Å². The summed E-state index contributed by atoms with van der Waals surface area (Å²) < 4.78 is 11.0. The van der Waals surface area contributed by atoms with E-state index < -0.39 is 35.2 Å². The van der Waals surface area contributed by atoms with E-state index in [9.17, 15) is 19.2 Å². The fraction of sp³-hybridized carbons (Fsp3) is 0.800. The quantitative estimate of drug-likeness (QED) is 0.338. The summed E-state index contributed by atoms with van der Waals surface area (Å²) in [6.07, 6.45) is 1.32. The Morgan fingerprint density at radius 1 is 0.735 bits per heavy atom. The lowest BCUT2D eigenvalue weighted by molar-refractivity contribution is -0.205. The van der Waals surface area contributed by atoms with Crippen molar-refractivity contribution in [3.8, 4) is 0 Å². The molecule has 0 radical (unpaired) electrons. The molecule has 0 atom stereocenters. The number of carbonyl (C=O) groups excluding carboxylic acids is 4. The third-order valence-corrected chi connectivity index (χ3v) is 6.62. The van der Waals surface area contributed by atoms with Gasteiger partial charge in [0.25, 0.3) is 23.1 Å². The van der Waals surface area contributed by atoms with Crippen LogP contribution in [0.2, 0.25) is 0 Å². The van der Waals surface area contributed by atoms with E-state index in [0.717, 1.165) is 13.1 Å². The Labute approximate surface area is 198 Å². The highest BCUT2D eigenvalue weighted by atomic mass is 16.5. The molecule has 4 rings (SSSR count). The van der Waals surface area contributed by atoms with Crippen LogP contribution >= 0.6 is 0 Å². The number of hydrogen-bond donors (Lipinski definition) is 2.